The zero-order chi connectivity index (χ0) is 12.4. The predicted molar refractivity (Wildman–Crippen MR) is 79.2 cm³/mol. The highest BCUT2D eigenvalue weighted by Crippen LogP contribution is 2.33. The van der Waals surface area contributed by atoms with Crippen LogP contribution in [-0.2, 0) is 5.33 Å². The Hall–Kier alpha value is -0.210. The van der Waals surface area contributed by atoms with Crippen LogP contribution in [0.5, 0.6) is 0 Å². The molecule has 1 aliphatic heterocycles. The molecule has 17 heavy (non-hydrogen) atoms. The summed E-state index contributed by atoms with van der Waals surface area (Å²) in [7, 11) is 0. The fourth-order valence-corrected chi connectivity index (χ4v) is 3.14. The van der Waals surface area contributed by atoms with E-state index in [0.717, 1.165) is 35.3 Å². The van der Waals surface area contributed by atoms with Crippen LogP contribution in [-0.4, -0.2) is 13.1 Å². The minimum atomic E-state index is 0.770. The van der Waals surface area contributed by atoms with Crippen molar-refractivity contribution in [2.24, 2.45) is 11.8 Å². The van der Waals surface area contributed by atoms with Gasteiger partial charge in [0, 0.05) is 29.1 Å². The van der Waals surface area contributed by atoms with Crippen molar-refractivity contribution < 1.29 is 0 Å². The highest BCUT2D eigenvalue weighted by atomic mass is 79.9. The zero-order valence-electron chi connectivity index (χ0n) is 10.4. The molecule has 94 valence electrons. The van der Waals surface area contributed by atoms with E-state index < -0.39 is 0 Å². The third-order valence-corrected chi connectivity index (χ3v) is 4.54. The Morgan fingerprint density at radius 2 is 2.24 bits per heavy atom. The maximum Gasteiger partial charge on any atom is 0.0426 e. The molecule has 1 atom stereocenters. The number of benzene rings is 1. The molecule has 1 nitrogen and oxygen atoms in total. The molecule has 0 spiro atoms. The number of rotatable bonds is 3. The zero-order valence-corrected chi connectivity index (χ0v) is 12.8. The fraction of sp³-hybridized carbons (Fsp3) is 0.571. The van der Waals surface area contributed by atoms with E-state index in [0.29, 0.717) is 0 Å². The molecule has 1 aliphatic rings. The van der Waals surface area contributed by atoms with Gasteiger partial charge in [-0.2, -0.15) is 0 Å². The van der Waals surface area contributed by atoms with E-state index in [1.165, 1.54) is 17.7 Å². The summed E-state index contributed by atoms with van der Waals surface area (Å²) in [6.45, 7) is 6.95. The third-order valence-electron chi connectivity index (χ3n) is 3.70. The second kappa shape index (κ2) is 5.62. The molecule has 0 aliphatic carbocycles. The Morgan fingerprint density at radius 3 is 2.82 bits per heavy atom. The Balaban J connectivity index is 2.20. The summed E-state index contributed by atoms with van der Waals surface area (Å²) in [5.41, 5.74) is 2.64. The smallest absolute Gasteiger partial charge is 0.0426 e. The van der Waals surface area contributed by atoms with E-state index >= 15 is 0 Å². The molecule has 2 rings (SSSR count). The minimum Gasteiger partial charge on any atom is -0.371 e. The Kier molecular flexibility index (Phi) is 4.37. The molecule has 0 N–H and O–H groups in total. The summed E-state index contributed by atoms with van der Waals surface area (Å²) in [6.07, 6.45) is 1.30. The standard InChI is InChI=1S/C14H19BrClN/c1-10(2)12-5-6-17(9-12)14-7-13(16)4-3-11(14)8-15/h3-4,7,10,12H,5-6,8-9H2,1-2H3. The van der Waals surface area contributed by atoms with Gasteiger partial charge in [0.15, 0.2) is 0 Å². The molecule has 0 bridgehead atoms. The summed E-state index contributed by atoms with van der Waals surface area (Å²) in [5, 5.41) is 1.72. The van der Waals surface area contributed by atoms with Crippen molar-refractivity contribution in [2.75, 3.05) is 18.0 Å². The average Bonchev–Trinajstić information content (AvgIpc) is 2.78. The molecule has 1 fully saturated rings. The van der Waals surface area contributed by atoms with Gasteiger partial charge < -0.3 is 4.90 Å². The summed E-state index contributed by atoms with van der Waals surface area (Å²) < 4.78 is 0. The predicted octanol–water partition coefficient (Wildman–Crippen LogP) is 4.72. The molecule has 3 heteroatoms. The van der Waals surface area contributed by atoms with Gasteiger partial charge in [-0.25, -0.2) is 0 Å². The van der Waals surface area contributed by atoms with Crippen LogP contribution in [0.4, 0.5) is 5.69 Å². The first-order valence-corrected chi connectivity index (χ1v) is 7.71. The van der Waals surface area contributed by atoms with Crippen molar-refractivity contribution >= 4 is 33.2 Å². The molecular weight excluding hydrogens is 298 g/mol. The monoisotopic (exact) mass is 315 g/mol. The van der Waals surface area contributed by atoms with Gasteiger partial charge in [0.05, 0.1) is 0 Å². The maximum atomic E-state index is 6.11. The summed E-state index contributed by atoms with van der Waals surface area (Å²) in [5.74, 6) is 1.59. The molecule has 1 unspecified atom stereocenters. The Morgan fingerprint density at radius 1 is 1.47 bits per heavy atom. The van der Waals surface area contributed by atoms with Crippen LogP contribution in [0.15, 0.2) is 18.2 Å². The summed E-state index contributed by atoms with van der Waals surface area (Å²) in [6, 6.07) is 6.19. The summed E-state index contributed by atoms with van der Waals surface area (Å²) in [4.78, 5) is 2.48. The molecule has 1 aromatic rings. The van der Waals surface area contributed by atoms with Gasteiger partial charge >= 0.3 is 0 Å². The van der Waals surface area contributed by atoms with Crippen molar-refractivity contribution in [3.05, 3.63) is 28.8 Å². The van der Waals surface area contributed by atoms with Gasteiger partial charge in [0.1, 0.15) is 0 Å². The normalized spacial score (nSPS) is 20.3. The van der Waals surface area contributed by atoms with Gasteiger partial charge in [-0.05, 0) is 36.0 Å². The van der Waals surface area contributed by atoms with Gasteiger partial charge in [0.25, 0.3) is 0 Å². The van der Waals surface area contributed by atoms with Crippen LogP contribution in [0.3, 0.4) is 0 Å². The van der Waals surface area contributed by atoms with Gasteiger partial charge in [-0.3, -0.25) is 0 Å². The maximum absolute atomic E-state index is 6.11. The van der Waals surface area contributed by atoms with Crippen molar-refractivity contribution in [1.82, 2.24) is 0 Å². The highest BCUT2D eigenvalue weighted by molar-refractivity contribution is 9.08. The second-order valence-corrected chi connectivity index (χ2v) is 6.14. The number of alkyl halides is 1. The van der Waals surface area contributed by atoms with Crippen molar-refractivity contribution in [3.8, 4) is 0 Å². The van der Waals surface area contributed by atoms with E-state index in [2.05, 4.69) is 46.8 Å². The second-order valence-electron chi connectivity index (χ2n) is 5.15. The van der Waals surface area contributed by atoms with E-state index in [1.54, 1.807) is 0 Å². The molecule has 1 aromatic carbocycles. The first-order chi connectivity index (χ1) is 8.11. The van der Waals surface area contributed by atoms with Gasteiger partial charge in [-0.15, -0.1) is 0 Å². The number of nitrogens with zero attached hydrogens (tertiary/aromatic N) is 1. The SMILES string of the molecule is CC(C)C1CCN(c2cc(Cl)ccc2CBr)C1. The molecule has 0 saturated carbocycles. The van der Waals surface area contributed by atoms with Gasteiger partial charge in [-0.1, -0.05) is 47.4 Å². The first kappa shape index (κ1) is 13.2. The lowest BCUT2D eigenvalue weighted by Gasteiger charge is -2.22. The number of hydrogen-bond donors (Lipinski definition) is 0. The Labute approximate surface area is 117 Å². The van der Waals surface area contributed by atoms with Gasteiger partial charge in [0.2, 0.25) is 0 Å². The van der Waals surface area contributed by atoms with Crippen LogP contribution in [0.25, 0.3) is 0 Å². The van der Waals surface area contributed by atoms with E-state index in [-0.39, 0.29) is 0 Å². The topological polar surface area (TPSA) is 3.24 Å². The van der Waals surface area contributed by atoms with Crippen LogP contribution in [0, 0.1) is 11.8 Å². The molecule has 0 amide bonds. The lowest BCUT2D eigenvalue weighted by molar-refractivity contribution is 0.422. The third kappa shape index (κ3) is 2.97. The molecule has 1 saturated heterocycles. The lowest BCUT2D eigenvalue weighted by Crippen LogP contribution is -2.22. The first-order valence-electron chi connectivity index (χ1n) is 6.21. The quantitative estimate of drug-likeness (QED) is 0.730. The molecule has 0 aromatic heterocycles. The largest absolute Gasteiger partial charge is 0.371 e. The van der Waals surface area contributed by atoms with Crippen molar-refractivity contribution in [1.29, 1.82) is 0 Å². The van der Waals surface area contributed by atoms with E-state index in [4.69, 9.17) is 11.6 Å². The molecule has 0 radical (unpaired) electrons. The van der Waals surface area contributed by atoms with Crippen LogP contribution >= 0.6 is 27.5 Å². The fourth-order valence-electron chi connectivity index (χ4n) is 2.49. The van der Waals surface area contributed by atoms with E-state index in [1.807, 2.05) is 6.07 Å². The average molecular weight is 317 g/mol. The van der Waals surface area contributed by atoms with Crippen LogP contribution in [0.1, 0.15) is 25.8 Å². The van der Waals surface area contributed by atoms with Crippen LogP contribution in [0.2, 0.25) is 5.02 Å². The number of halogens is 2. The van der Waals surface area contributed by atoms with Crippen LogP contribution < -0.4 is 4.90 Å². The number of anilines is 1. The van der Waals surface area contributed by atoms with E-state index in [9.17, 15) is 0 Å². The van der Waals surface area contributed by atoms with Crippen molar-refractivity contribution in [3.63, 3.8) is 0 Å². The Bertz CT molecular complexity index is 392. The minimum absolute atomic E-state index is 0.770. The molecular formula is C14H19BrClN. The molecule has 1 heterocycles. The summed E-state index contributed by atoms with van der Waals surface area (Å²) >= 11 is 9.66. The van der Waals surface area contributed by atoms with Crippen molar-refractivity contribution in [2.45, 2.75) is 25.6 Å². The highest BCUT2D eigenvalue weighted by Gasteiger charge is 2.26. The number of hydrogen-bond acceptors (Lipinski definition) is 1. The lowest BCUT2D eigenvalue weighted by atomic mass is 9.95.